The minimum atomic E-state index is -0.886. The van der Waals surface area contributed by atoms with Crippen molar-refractivity contribution in [3.8, 4) is 0 Å². The summed E-state index contributed by atoms with van der Waals surface area (Å²) in [4.78, 5) is 14.7. The van der Waals surface area contributed by atoms with E-state index in [1.807, 2.05) is 23.6 Å². The summed E-state index contributed by atoms with van der Waals surface area (Å²) in [6, 6.07) is 0.192. The Morgan fingerprint density at radius 1 is 1.53 bits per heavy atom. The van der Waals surface area contributed by atoms with Gasteiger partial charge in [-0.1, -0.05) is 5.16 Å². The summed E-state index contributed by atoms with van der Waals surface area (Å²) in [5, 5.41) is 12.1. The molecule has 0 spiro atoms. The van der Waals surface area contributed by atoms with Gasteiger partial charge in [0, 0.05) is 37.3 Å². The predicted molar refractivity (Wildman–Crippen MR) is 74.4 cm³/mol. The van der Waals surface area contributed by atoms with Crippen molar-refractivity contribution in [2.24, 2.45) is 16.3 Å². The molecule has 2 saturated heterocycles. The zero-order valence-electron chi connectivity index (χ0n) is 11.2. The first-order chi connectivity index (χ1) is 9.12. The largest absolute Gasteiger partial charge is 0.409 e. The smallest absolute Gasteiger partial charge is 0.237 e. The lowest BCUT2D eigenvalue weighted by molar-refractivity contribution is -0.144. The molecule has 108 valence electrons. The third kappa shape index (κ3) is 2.67. The summed E-state index contributed by atoms with van der Waals surface area (Å²) in [7, 11) is 0. The summed E-state index contributed by atoms with van der Waals surface area (Å²) in [5.74, 6) is 1.89. The fourth-order valence-corrected chi connectivity index (χ4v) is 3.71. The van der Waals surface area contributed by atoms with Gasteiger partial charge in [0.05, 0.1) is 0 Å². The van der Waals surface area contributed by atoms with Crippen LogP contribution in [0.4, 0.5) is 0 Å². The van der Waals surface area contributed by atoms with Gasteiger partial charge in [-0.3, -0.25) is 4.79 Å². The number of rotatable bonds is 2. The Morgan fingerprint density at radius 2 is 2.21 bits per heavy atom. The Morgan fingerprint density at radius 3 is 2.79 bits per heavy atom. The first kappa shape index (κ1) is 14.5. The number of carbonyl (C=O) groups excluding carboxylic acids is 1. The molecule has 3 N–H and O–H groups in total. The highest BCUT2D eigenvalue weighted by Crippen LogP contribution is 2.35. The van der Waals surface area contributed by atoms with Crippen molar-refractivity contribution in [3.05, 3.63) is 0 Å². The Kier molecular flexibility index (Phi) is 4.57. The monoisotopic (exact) mass is 287 g/mol. The number of nitrogens with zero attached hydrogens (tertiary/aromatic N) is 2. The SMILES string of the molecule is CC1CSCCN1C(=O)C1(C(N)=NO)CCOCC1. The molecule has 1 amide bonds. The van der Waals surface area contributed by atoms with Crippen LogP contribution in [0.5, 0.6) is 0 Å². The molecule has 2 aliphatic heterocycles. The molecule has 1 unspecified atom stereocenters. The molecule has 0 aromatic rings. The van der Waals surface area contributed by atoms with Gasteiger partial charge in [-0.2, -0.15) is 11.8 Å². The molecule has 0 aromatic carbocycles. The van der Waals surface area contributed by atoms with Gasteiger partial charge >= 0.3 is 0 Å². The van der Waals surface area contributed by atoms with E-state index in [2.05, 4.69) is 5.16 Å². The average molecular weight is 287 g/mol. The van der Waals surface area contributed by atoms with Crippen molar-refractivity contribution in [1.82, 2.24) is 4.90 Å². The fourth-order valence-electron chi connectivity index (χ4n) is 2.70. The van der Waals surface area contributed by atoms with Crippen molar-refractivity contribution in [2.75, 3.05) is 31.3 Å². The van der Waals surface area contributed by atoms with Crippen LogP contribution >= 0.6 is 11.8 Å². The van der Waals surface area contributed by atoms with E-state index in [-0.39, 0.29) is 17.8 Å². The minimum absolute atomic E-state index is 0.0149. The number of hydrogen-bond acceptors (Lipinski definition) is 5. The van der Waals surface area contributed by atoms with Crippen LogP contribution in [-0.2, 0) is 9.53 Å². The van der Waals surface area contributed by atoms with E-state index in [0.29, 0.717) is 26.1 Å². The quantitative estimate of drug-likeness (QED) is 0.334. The number of ether oxygens (including phenoxy) is 1. The lowest BCUT2D eigenvalue weighted by atomic mass is 9.77. The first-order valence-electron chi connectivity index (χ1n) is 6.56. The van der Waals surface area contributed by atoms with Crippen molar-refractivity contribution in [1.29, 1.82) is 0 Å². The van der Waals surface area contributed by atoms with E-state index in [1.165, 1.54) is 0 Å². The van der Waals surface area contributed by atoms with E-state index < -0.39 is 5.41 Å². The van der Waals surface area contributed by atoms with Crippen molar-refractivity contribution in [2.45, 2.75) is 25.8 Å². The molecule has 2 aliphatic rings. The number of thioether (sulfide) groups is 1. The fraction of sp³-hybridized carbons (Fsp3) is 0.833. The molecule has 2 fully saturated rings. The normalized spacial score (nSPS) is 28.2. The zero-order valence-corrected chi connectivity index (χ0v) is 12.0. The van der Waals surface area contributed by atoms with E-state index in [0.717, 1.165) is 18.1 Å². The molecule has 2 heterocycles. The van der Waals surface area contributed by atoms with Gasteiger partial charge in [0.25, 0.3) is 0 Å². The van der Waals surface area contributed by atoms with Gasteiger partial charge in [0.1, 0.15) is 5.41 Å². The Balaban J connectivity index is 2.24. The third-order valence-electron chi connectivity index (χ3n) is 3.98. The van der Waals surface area contributed by atoms with Gasteiger partial charge in [0.2, 0.25) is 5.91 Å². The number of nitrogens with two attached hydrogens (primary N) is 1. The van der Waals surface area contributed by atoms with Gasteiger partial charge in [-0.15, -0.1) is 0 Å². The van der Waals surface area contributed by atoms with Gasteiger partial charge in [-0.25, -0.2) is 0 Å². The van der Waals surface area contributed by atoms with Crippen molar-refractivity contribution < 1.29 is 14.7 Å². The topological polar surface area (TPSA) is 88.2 Å². The van der Waals surface area contributed by atoms with Gasteiger partial charge < -0.3 is 20.6 Å². The molecular formula is C12H21N3O3S. The maximum atomic E-state index is 12.9. The summed E-state index contributed by atoms with van der Waals surface area (Å²) in [6.07, 6.45) is 0.968. The molecule has 19 heavy (non-hydrogen) atoms. The van der Waals surface area contributed by atoms with E-state index in [1.54, 1.807) is 0 Å². The Labute approximate surface area is 117 Å². The predicted octanol–water partition coefficient (Wildman–Crippen LogP) is 0.494. The lowest BCUT2D eigenvalue weighted by Crippen LogP contribution is -2.57. The van der Waals surface area contributed by atoms with Crippen LogP contribution in [-0.4, -0.2) is 59.2 Å². The second-order valence-corrected chi connectivity index (χ2v) is 6.25. The van der Waals surface area contributed by atoms with E-state index in [9.17, 15) is 4.79 Å². The standard InChI is InChI=1S/C12H21N3O3S/c1-9-8-19-7-4-15(9)11(16)12(10(13)14-17)2-5-18-6-3-12/h9,17H,2-8H2,1H3,(H2,13,14). The highest BCUT2D eigenvalue weighted by atomic mass is 32.2. The number of hydrogen-bond donors (Lipinski definition) is 2. The molecular weight excluding hydrogens is 266 g/mol. The minimum Gasteiger partial charge on any atom is -0.409 e. The van der Waals surface area contributed by atoms with Crippen LogP contribution < -0.4 is 5.73 Å². The van der Waals surface area contributed by atoms with E-state index in [4.69, 9.17) is 15.7 Å². The van der Waals surface area contributed by atoms with E-state index >= 15 is 0 Å². The summed E-state index contributed by atoms with van der Waals surface area (Å²) < 4.78 is 5.32. The second kappa shape index (κ2) is 6.00. The molecule has 0 radical (unpaired) electrons. The molecule has 0 saturated carbocycles. The maximum Gasteiger partial charge on any atom is 0.237 e. The Bertz CT molecular complexity index is 369. The van der Waals surface area contributed by atoms with Crippen LogP contribution in [0.25, 0.3) is 0 Å². The van der Waals surface area contributed by atoms with Crippen molar-refractivity contribution >= 4 is 23.5 Å². The average Bonchev–Trinajstić information content (AvgIpc) is 2.47. The summed E-state index contributed by atoms with van der Waals surface area (Å²) in [5.41, 5.74) is 4.94. The highest BCUT2D eigenvalue weighted by Gasteiger charge is 2.47. The molecule has 0 aliphatic carbocycles. The van der Waals surface area contributed by atoms with Gasteiger partial charge in [0.15, 0.2) is 5.84 Å². The number of carbonyl (C=O) groups is 1. The number of amides is 1. The van der Waals surface area contributed by atoms with Crippen LogP contribution in [0.1, 0.15) is 19.8 Å². The first-order valence-corrected chi connectivity index (χ1v) is 7.72. The van der Waals surface area contributed by atoms with Crippen LogP contribution in [0.2, 0.25) is 0 Å². The maximum absolute atomic E-state index is 12.9. The van der Waals surface area contributed by atoms with Crippen molar-refractivity contribution in [3.63, 3.8) is 0 Å². The highest BCUT2D eigenvalue weighted by molar-refractivity contribution is 7.99. The molecule has 6 nitrogen and oxygen atoms in total. The summed E-state index contributed by atoms with van der Waals surface area (Å²) in [6.45, 7) is 3.72. The van der Waals surface area contributed by atoms with Crippen LogP contribution in [0.15, 0.2) is 5.16 Å². The zero-order chi connectivity index (χ0) is 13.9. The number of oxime groups is 1. The van der Waals surface area contributed by atoms with Gasteiger partial charge in [-0.05, 0) is 19.8 Å². The molecule has 7 heteroatoms. The Hall–Kier alpha value is -0.950. The number of amidine groups is 1. The molecule has 0 aromatic heterocycles. The second-order valence-electron chi connectivity index (χ2n) is 5.10. The molecule has 0 bridgehead atoms. The summed E-state index contributed by atoms with van der Waals surface area (Å²) >= 11 is 1.85. The van der Waals surface area contributed by atoms with Crippen LogP contribution in [0, 0.1) is 5.41 Å². The molecule has 2 rings (SSSR count). The third-order valence-corrected chi connectivity index (χ3v) is 5.17. The lowest BCUT2D eigenvalue weighted by Gasteiger charge is -2.42. The van der Waals surface area contributed by atoms with Crippen LogP contribution in [0.3, 0.4) is 0 Å². The molecule has 1 atom stereocenters.